The molecule has 5 nitrogen and oxygen atoms in total. The van der Waals surface area contributed by atoms with Gasteiger partial charge in [0.1, 0.15) is 17.5 Å². The zero-order valence-electron chi connectivity index (χ0n) is 8.48. The van der Waals surface area contributed by atoms with E-state index in [-0.39, 0.29) is 0 Å². The lowest BCUT2D eigenvalue weighted by molar-refractivity contribution is 0.841. The highest BCUT2D eigenvalue weighted by atomic mass is 79.9. The van der Waals surface area contributed by atoms with Crippen LogP contribution in [0.5, 0.6) is 0 Å². The van der Waals surface area contributed by atoms with Gasteiger partial charge < -0.3 is 5.73 Å². The minimum Gasteiger partial charge on any atom is -0.382 e. The molecule has 2 rings (SSSR count). The molecule has 80 valence electrons. The number of rotatable bonds is 1. The number of nitrogens with zero attached hydrogens (tertiary/aromatic N) is 4. The monoisotopic (exact) mass is 277 g/mol. The molecule has 0 saturated heterocycles. The second-order valence-corrected chi connectivity index (χ2v) is 4.12. The highest BCUT2D eigenvalue weighted by Crippen LogP contribution is 2.19. The second kappa shape index (κ2) is 3.94. The number of hydrogen-bond donors (Lipinski definition) is 1. The van der Waals surface area contributed by atoms with Crippen LogP contribution in [0.2, 0.25) is 0 Å². The van der Waals surface area contributed by atoms with Crippen LogP contribution in [-0.2, 0) is 0 Å². The molecule has 0 aliphatic carbocycles. The Hall–Kier alpha value is -1.87. The number of nitrogen functional groups attached to an aromatic ring is 1. The van der Waals surface area contributed by atoms with E-state index in [0.29, 0.717) is 22.9 Å². The number of halogens is 1. The van der Waals surface area contributed by atoms with Gasteiger partial charge in [-0.25, -0.2) is 4.98 Å². The summed E-state index contributed by atoms with van der Waals surface area (Å²) in [5.41, 5.74) is 6.81. The minimum atomic E-state index is 0.315. The smallest absolute Gasteiger partial charge is 0.155 e. The molecule has 0 aliphatic heterocycles. The van der Waals surface area contributed by atoms with Gasteiger partial charge in [0.15, 0.2) is 5.82 Å². The summed E-state index contributed by atoms with van der Waals surface area (Å²) in [6, 6.07) is 5.63. The van der Waals surface area contributed by atoms with Crippen LogP contribution in [0, 0.1) is 18.3 Å². The van der Waals surface area contributed by atoms with Crippen molar-refractivity contribution in [3.05, 3.63) is 34.1 Å². The van der Waals surface area contributed by atoms with Crippen LogP contribution in [-0.4, -0.2) is 14.8 Å². The Kier molecular flexibility index (Phi) is 2.62. The van der Waals surface area contributed by atoms with Gasteiger partial charge in [-0.05, 0) is 35.0 Å². The zero-order valence-corrected chi connectivity index (χ0v) is 10.1. The normalized spacial score (nSPS) is 10.1. The zero-order chi connectivity index (χ0) is 11.7. The van der Waals surface area contributed by atoms with Crippen molar-refractivity contribution in [3.63, 3.8) is 0 Å². The van der Waals surface area contributed by atoms with Crippen molar-refractivity contribution in [2.75, 3.05) is 5.73 Å². The Morgan fingerprint density at radius 2 is 2.25 bits per heavy atom. The fourth-order valence-electron chi connectivity index (χ4n) is 1.35. The quantitative estimate of drug-likeness (QED) is 0.862. The average Bonchev–Trinajstić information content (AvgIpc) is 2.55. The van der Waals surface area contributed by atoms with Crippen molar-refractivity contribution >= 4 is 21.7 Å². The number of anilines is 1. The first-order valence-electron chi connectivity index (χ1n) is 4.50. The van der Waals surface area contributed by atoms with E-state index in [4.69, 9.17) is 11.0 Å². The molecule has 0 aliphatic rings. The molecule has 0 bridgehead atoms. The number of aromatic nitrogens is 3. The van der Waals surface area contributed by atoms with Crippen LogP contribution >= 0.6 is 15.9 Å². The first-order valence-corrected chi connectivity index (χ1v) is 5.30. The molecule has 2 heterocycles. The lowest BCUT2D eigenvalue weighted by Gasteiger charge is -2.02. The molecule has 2 N–H and O–H groups in total. The molecule has 0 radical (unpaired) electrons. The maximum absolute atomic E-state index is 8.89. The molecule has 2 aromatic heterocycles. The van der Waals surface area contributed by atoms with Crippen LogP contribution in [0.3, 0.4) is 0 Å². The van der Waals surface area contributed by atoms with Gasteiger partial charge in [0.25, 0.3) is 0 Å². The molecule has 0 unspecified atom stereocenters. The summed E-state index contributed by atoms with van der Waals surface area (Å²) < 4.78 is 2.33. The molecule has 0 fully saturated rings. The van der Waals surface area contributed by atoms with Crippen LogP contribution in [0.1, 0.15) is 11.3 Å². The van der Waals surface area contributed by atoms with E-state index in [1.54, 1.807) is 19.2 Å². The van der Waals surface area contributed by atoms with Crippen LogP contribution in [0.15, 0.2) is 22.8 Å². The molecule has 2 aromatic rings. The summed E-state index contributed by atoms with van der Waals surface area (Å²) in [5, 5.41) is 13.1. The number of aryl methyl sites for hydroxylation is 1. The number of nitriles is 1. The van der Waals surface area contributed by atoms with E-state index in [9.17, 15) is 0 Å². The van der Waals surface area contributed by atoms with Gasteiger partial charge in [-0.2, -0.15) is 15.0 Å². The number of pyridine rings is 1. The predicted octanol–water partition coefficient (Wildman–Crippen LogP) is 1.79. The fraction of sp³-hybridized carbons (Fsp3) is 0.100. The summed E-state index contributed by atoms with van der Waals surface area (Å²) >= 11 is 3.29. The summed E-state index contributed by atoms with van der Waals surface area (Å²) in [6.45, 7) is 1.74. The van der Waals surface area contributed by atoms with E-state index in [0.717, 1.165) is 4.47 Å². The third-order valence-corrected chi connectivity index (χ3v) is 2.61. The summed E-state index contributed by atoms with van der Waals surface area (Å²) in [6.07, 6.45) is 1.65. The SMILES string of the molecule is Cc1nn(-c2ccc(Br)cn2)c(N)c1C#N. The highest BCUT2D eigenvalue weighted by molar-refractivity contribution is 9.10. The lowest BCUT2D eigenvalue weighted by Crippen LogP contribution is -2.04. The third kappa shape index (κ3) is 1.66. The molecular formula is C10H8BrN5. The molecule has 6 heteroatoms. The van der Waals surface area contributed by atoms with Gasteiger partial charge >= 0.3 is 0 Å². The van der Waals surface area contributed by atoms with Gasteiger partial charge in [0.05, 0.1) is 5.69 Å². The largest absolute Gasteiger partial charge is 0.382 e. The van der Waals surface area contributed by atoms with Crippen molar-refractivity contribution in [1.29, 1.82) is 5.26 Å². The van der Waals surface area contributed by atoms with Gasteiger partial charge in [-0.3, -0.25) is 0 Å². The van der Waals surface area contributed by atoms with Crippen molar-refractivity contribution in [3.8, 4) is 11.9 Å². The van der Waals surface area contributed by atoms with Crippen molar-refractivity contribution < 1.29 is 0 Å². The second-order valence-electron chi connectivity index (χ2n) is 3.20. The molecule has 0 amide bonds. The molecule has 0 spiro atoms. The Balaban J connectivity index is 2.58. The van der Waals surface area contributed by atoms with E-state index in [1.807, 2.05) is 12.1 Å². The van der Waals surface area contributed by atoms with E-state index < -0.39 is 0 Å². The van der Waals surface area contributed by atoms with Crippen LogP contribution in [0.25, 0.3) is 5.82 Å². The van der Waals surface area contributed by atoms with E-state index >= 15 is 0 Å². The molecular weight excluding hydrogens is 270 g/mol. The Bertz CT molecular complexity index is 564. The van der Waals surface area contributed by atoms with Crippen LogP contribution < -0.4 is 5.73 Å². The first kappa shape index (κ1) is 10.6. The van der Waals surface area contributed by atoms with Gasteiger partial charge in [0.2, 0.25) is 0 Å². The number of hydrogen-bond acceptors (Lipinski definition) is 4. The minimum absolute atomic E-state index is 0.315. The maximum atomic E-state index is 8.89. The van der Waals surface area contributed by atoms with Crippen LogP contribution in [0.4, 0.5) is 5.82 Å². The topological polar surface area (TPSA) is 80.5 Å². The molecule has 0 saturated carbocycles. The van der Waals surface area contributed by atoms with Gasteiger partial charge in [-0.1, -0.05) is 0 Å². The van der Waals surface area contributed by atoms with E-state index in [2.05, 4.69) is 26.0 Å². The Labute approximate surface area is 101 Å². The first-order chi connectivity index (χ1) is 7.63. The summed E-state index contributed by atoms with van der Waals surface area (Å²) in [5.74, 6) is 0.903. The Morgan fingerprint density at radius 3 is 2.75 bits per heavy atom. The summed E-state index contributed by atoms with van der Waals surface area (Å²) in [7, 11) is 0. The fourth-order valence-corrected chi connectivity index (χ4v) is 1.59. The molecule has 0 atom stereocenters. The van der Waals surface area contributed by atoms with Crippen molar-refractivity contribution in [2.24, 2.45) is 0 Å². The lowest BCUT2D eigenvalue weighted by atomic mass is 10.3. The van der Waals surface area contributed by atoms with E-state index in [1.165, 1.54) is 4.68 Å². The molecule has 16 heavy (non-hydrogen) atoms. The predicted molar refractivity (Wildman–Crippen MR) is 62.9 cm³/mol. The van der Waals surface area contributed by atoms with Crippen molar-refractivity contribution in [2.45, 2.75) is 6.92 Å². The third-order valence-electron chi connectivity index (χ3n) is 2.14. The average molecular weight is 278 g/mol. The summed E-state index contributed by atoms with van der Waals surface area (Å²) in [4.78, 5) is 4.16. The standard InChI is InChI=1S/C10H8BrN5/c1-6-8(4-12)10(13)16(15-6)9-3-2-7(11)5-14-9/h2-3,5H,13H2,1H3. The number of nitrogens with two attached hydrogens (primary N) is 1. The Morgan fingerprint density at radius 1 is 1.50 bits per heavy atom. The maximum Gasteiger partial charge on any atom is 0.155 e. The highest BCUT2D eigenvalue weighted by Gasteiger charge is 2.13. The van der Waals surface area contributed by atoms with Crippen molar-refractivity contribution in [1.82, 2.24) is 14.8 Å². The van der Waals surface area contributed by atoms with Gasteiger partial charge in [-0.15, -0.1) is 0 Å². The molecule has 0 aromatic carbocycles. The van der Waals surface area contributed by atoms with Gasteiger partial charge in [0, 0.05) is 10.7 Å².